The highest BCUT2D eigenvalue weighted by Gasteiger charge is 2.32. The van der Waals surface area contributed by atoms with Crippen LogP contribution in [0.15, 0.2) is 0 Å². The lowest BCUT2D eigenvalue weighted by molar-refractivity contribution is -0.124. The fourth-order valence-electron chi connectivity index (χ4n) is 2.22. The zero-order valence-corrected chi connectivity index (χ0v) is 12.5. The predicted octanol–water partition coefficient (Wildman–Crippen LogP) is -0.280. The standard InChI is InChI=1S/C13H28N4O2/c1-5-6-17-13(3,12(15)19)8-9(2)7-10(16-4)11(14)18/h9-10,16-17H,5-8H2,1-4H3,(H2,14,18)(H2,15,19). The third-order valence-electron chi connectivity index (χ3n) is 3.40. The molecule has 0 aliphatic carbocycles. The topological polar surface area (TPSA) is 110 Å². The van der Waals surface area contributed by atoms with E-state index in [0.29, 0.717) is 12.8 Å². The van der Waals surface area contributed by atoms with Crippen LogP contribution in [-0.2, 0) is 9.59 Å². The number of nitrogens with two attached hydrogens (primary N) is 2. The molecule has 0 spiro atoms. The van der Waals surface area contributed by atoms with Crippen molar-refractivity contribution in [2.75, 3.05) is 13.6 Å². The van der Waals surface area contributed by atoms with E-state index in [1.54, 1.807) is 14.0 Å². The van der Waals surface area contributed by atoms with E-state index < -0.39 is 5.54 Å². The summed E-state index contributed by atoms with van der Waals surface area (Å²) in [7, 11) is 1.70. The number of nitrogens with one attached hydrogen (secondary N) is 2. The molecule has 3 unspecified atom stereocenters. The first-order chi connectivity index (χ1) is 8.76. The monoisotopic (exact) mass is 272 g/mol. The molecule has 0 fully saturated rings. The van der Waals surface area contributed by atoms with Gasteiger partial charge in [0.05, 0.1) is 11.6 Å². The van der Waals surface area contributed by atoms with Crippen molar-refractivity contribution in [1.82, 2.24) is 10.6 Å². The van der Waals surface area contributed by atoms with Gasteiger partial charge in [-0.2, -0.15) is 0 Å². The van der Waals surface area contributed by atoms with Crippen molar-refractivity contribution >= 4 is 11.8 Å². The Balaban J connectivity index is 4.58. The number of likely N-dealkylation sites (N-methyl/N-ethyl adjacent to an activating group) is 1. The van der Waals surface area contributed by atoms with Gasteiger partial charge in [-0.25, -0.2) is 0 Å². The summed E-state index contributed by atoms with van der Waals surface area (Å²) in [5.41, 5.74) is 10.0. The smallest absolute Gasteiger partial charge is 0.237 e. The molecule has 0 rings (SSSR count). The number of hydrogen-bond acceptors (Lipinski definition) is 4. The summed E-state index contributed by atoms with van der Waals surface area (Å²) < 4.78 is 0. The average Bonchev–Trinajstić information content (AvgIpc) is 2.32. The molecule has 6 N–H and O–H groups in total. The molecule has 2 amide bonds. The first-order valence-electron chi connectivity index (χ1n) is 6.78. The van der Waals surface area contributed by atoms with Crippen LogP contribution in [-0.4, -0.2) is 37.0 Å². The second-order valence-corrected chi connectivity index (χ2v) is 5.41. The normalized spacial score (nSPS) is 17.5. The van der Waals surface area contributed by atoms with Crippen LogP contribution in [0.2, 0.25) is 0 Å². The Bertz CT molecular complexity index is 309. The van der Waals surface area contributed by atoms with E-state index in [1.807, 2.05) is 13.8 Å². The Hall–Kier alpha value is -1.14. The highest BCUT2D eigenvalue weighted by molar-refractivity contribution is 5.84. The Kier molecular flexibility index (Phi) is 7.63. The molecule has 0 saturated carbocycles. The first kappa shape index (κ1) is 17.9. The highest BCUT2D eigenvalue weighted by atomic mass is 16.2. The van der Waals surface area contributed by atoms with E-state index in [-0.39, 0.29) is 23.8 Å². The summed E-state index contributed by atoms with van der Waals surface area (Å²) in [6.07, 6.45) is 2.09. The number of carbonyl (C=O) groups excluding carboxylic acids is 2. The van der Waals surface area contributed by atoms with Gasteiger partial charge in [0.2, 0.25) is 11.8 Å². The molecule has 0 heterocycles. The molecule has 0 saturated heterocycles. The van der Waals surface area contributed by atoms with Gasteiger partial charge in [0, 0.05) is 0 Å². The molecule has 0 aromatic carbocycles. The van der Waals surface area contributed by atoms with Crippen LogP contribution in [0.4, 0.5) is 0 Å². The molecule has 0 aromatic heterocycles. The van der Waals surface area contributed by atoms with Gasteiger partial charge in [0.1, 0.15) is 0 Å². The minimum atomic E-state index is -0.745. The summed E-state index contributed by atoms with van der Waals surface area (Å²) in [6, 6.07) is -0.377. The van der Waals surface area contributed by atoms with Crippen molar-refractivity contribution in [2.24, 2.45) is 17.4 Å². The van der Waals surface area contributed by atoms with E-state index in [2.05, 4.69) is 10.6 Å². The lowest BCUT2D eigenvalue weighted by Gasteiger charge is -2.31. The van der Waals surface area contributed by atoms with Gasteiger partial charge >= 0.3 is 0 Å². The molecule has 0 aliphatic rings. The van der Waals surface area contributed by atoms with Gasteiger partial charge in [-0.15, -0.1) is 0 Å². The van der Waals surface area contributed by atoms with E-state index in [4.69, 9.17) is 11.5 Å². The largest absolute Gasteiger partial charge is 0.368 e. The van der Waals surface area contributed by atoms with Crippen LogP contribution < -0.4 is 22.1 Å². The van der Waals surface area contributed by atoms with E-state index in [9.17, 15) is 9.59 Å². The van der Waals surface area contributed by atoms with Crippen molar-refractivity contribution in [1.29, 1.82) is 0 Å². The highest BCUT2D eigenvalue weighted by Crippen LogP contribution is 2.20. The van der Waals surface area contributed by atoms with Crippen LogP contribution >= 0.6 is 0 Å². The van der Waals surface area contributed by atoms with Gasteiger partial charge in [-0.3, -0.25) is 9.59 Å². The Labute approximate surface area is 115 Å². The number of carbonyl (C=O) groups is 2. The third-order valence-corrected chi connectivity index (χ3v) is 3.40. The van der Waals surface area contributed by atoms with Gasteiger partial charge in [-0.1, -0.05) is 13.8 Å². The van der Waals surface area contributed by atoms with Crippen molar-refractivity contribution in [3.05, 3.63) is 0 Å². The van der Waals surface area contributed by atoms with Crippen molar-refractivity contribution in [3.8, 4) is 0 Å². The SMILES string of the molecule is CCCNC(C)(CC(C)CC(NC)C(N)=O)C(N)=O. The Morgan fingerprint density at radius 3 is 2.26 bits per heavy atom. The maximum Gasteiger partial charge on any atom is 0.237 e. The van der Waals surface area contributed by atoms with Crippen LogP contribution in [0.1, 0.15) is 40.0 Å². The minimum absolute atomic E-state index is 0.145. The summed E-state index contributed by atoms with van der Waals surface area (Å²) in [6.45, 7) is 6.56. The quantitative estimate of drug-likeness (QED) is 0.438. The zero-order valence-electron chi connectivity index (χ0n) is 12.5. The second-order valence-electron chi connectivity index (χ2n) is 5.41. The fraction of sp³-hybridized carbons (Fsp3) is 0.846. The molecule has 6 heteroatoms. The molecule has 0 aliphatic heterocycles. The number of hydrogen-bond donors (Lipinski definition) is 4. The van der Waals surface area contributed by atoms with Gasteiger partial charge < -0.3 is 22.1 Å². The number of amides is 2. The van der Waals surface area contributed by atoms with Crippen molar-refractivity contribution in [2.45, 2.75) is 51.6 Å². The third kappa shape index (κ3) is 6.02. The second kappa shape index (κ2) is 8.12. The van der Waals surface area contributed by atoms with E-state index in [0.717, 1.165) is 13.0 Å². The summed E-state index contributed by atoms with van der Waals surface area (Å²) in [5.74, 6) is -0.601. The maximum atomic E-state index is 11.6. The van der Waals surface area contributed by atoms with Crippen molar-refractivity contribution in [3.63, 3.8) is 0 Å². The van der Waals surface area contributed by atoms with Crippen LogP contribution in [0.5, 0.6) is 0 Å². The predicted molar refractivity (Wildman–Crippen MR) is 76.3 cm³/mol. The van der Waals surface area contributed by atoms with Gasteiger partial charge in [0.15, 0.2) is 0 Å². The molecule has 3 atom stereocenters. The van der Waals surface area contributed by atoms with Crippen LogP contribution in [0, 0.1) is 5.92 Å². The first-order valence-corrected chi connectivity index (χ1v) is 6.78. The Morgan fingerprint density at radius 1 is 1.32 bits per heavy atom. The van der Waals surface area contributed by atoms with E-state index in [1.165, 1.54) is 0 Å². The molecule has 0 radical (unpaired) electrons. The molecular weight excluding hydrogens is 244 g/mol. The average molecular weight is 272 g/mol. The molecular formula is C13H28N4O2. The molecule has 112 valence electrons. The molecule has 0 bridgehead atoms. The number of primary amides is 2. The van der Waals surface area contributed by atoms with Gasteiger partial charge in [-0.05, 0) is 45.7 Å². The van der Waals surface area contributed by atoms with Gasteiger partial charge in [0.25, 0.3) is 0 Å². The molecule has 6 nitrogen and oxygen atoms in total. The number of rotatable bonds is 10. The lowest BCUT2D eigenvalue weighted by Crippen LogP contribution is -2.54. The molecule has 0 aromatic rings. The summed E-state index contributed by atoms with van der Waals surface area (Å²) >= 11 is 0. The maximum absolute atomic E-state index is 11.6. The van der Waals surface area contributed by atoms with E-state index >= 15 is 0 Å². The zero-order chi connectivity index (χ0) is 15.1. The Morgan fingerprint density at radius 2 is 1.89 bits per heavy atom. The summed E-state index contributed by atoms with van der Waals surface area (Å²) in [4.78, 5) is 22.8. The van der Waals surface area contributed by atoms with Crippen LogP contribution in [0.3, 0.4) is 0 Å². The lowest BCUT2D eigenvalue weighted by atomic mass is 9.85. The fourth-order valence-corrected chi connectivity index (χ4v) is 2.22. The van der Waals surface area contributed by atoms with Crippen LogP contribution in [0.25, 0.3) is 0 Å². The minimum Gasteiger partial charge on any atom is -0.368 e. The molecule has 19 heavy (non-hydrogen) atoms. The summed E-state index contributed by atoms with van der Waals surface area (Å²) in [5, 5.41) is 6.06. The van der Waals surface area contributed by atoms with Crippen molar-refractivity contribution < 1.29 is 9.59 Å².